The summed E-state index contributed by atoms with van der Waals surface area (Å²) in [5.41, 5.74) is 0.716. The van der Waals surface area contributed by atoms with Gasteiger partial charge in [-0.3, -0.25) is 4.79 Å². The maximum absolute atomic E-state index is 11.8. The van der Waals surface area contributed by atoms with E-state index < -0.39 is 0 Å². The van der Waals surface area contributed by atoms with Crippen molar-refractivity contribution < 1.29 is 4.79 Å². The second kappa shape index (κ2) is 4.11. The van der Waals surface area contributed by atoms with Gasteiger partial charge in [0.15, 0.2) is 5.78 Å². The monoisotopic (exact) mass is 232 g/mol. The summed E-state index contributed by atoms with van der Waals surface area (Å²) in [6.07, 6.45) is 1.37. The van der Waals surface area contributed by atoms with Crippen LogP contribution in [0.5, 0.6) is 0 Å². The lowest BCUT2D eigenvalue weighted by atomic mass is 9.98. The summed E-state index contributed by atoms with van der Waals surface area (Å²) in [7, 11) is 0. The normalized spacial score (nSPS) is 10.7. The number of fused-ring (bicyclic) bond motifs is 2. The van der Waals surface area contributed by atoms with Crippen molar-refractivity contribution in [2.75, 3.05) is 0 Å². The van der Waals surface area contributed by atoms with Crippen LogP contribution in [0.4, 0.5) is 0 Å². The summed E-state index contributed by atoms with van der Waals surface area (Å²) in [4.78, 5) is 11.8. The van der Waals surface area contributed by atoms with E-state index in [0.29, 0.717) is 5.56 Å². The fourth-order valence-electron chi connectivity index (χ4n) is 2.29. The largest absolute Gasteiger partial charge is 0.289 e. The molecule has 3 aromatic rings. The van der Waals surface area contributed by atoms with E-state index >= 15 is 0 Å². The average molecular weight is 232 g/mol. The molecule has 0 radical (unpaired) electrons. The van der Waals surface area contributed by atoms with Gasteiger partial charge in [0.1, 0.15) is 0 Å². The number of allylic oxidation sites excluding steroid dienone is 1. The minimum atomic E-state index is -0.0316. The molecule has 0 unspecified atom stereocenters. The van der Waals surface area contributed by atoms with Crippen LogP contribution >= 0.6 is 0 Å². The maximum atomic E-state index is 11.8. The Morgan fingerprint density at radius 1 is 0.889 bits per heavy atom. The van der Waals surface area contributed by atoms with Crippen LogP contribution in [0.2, 0.25) is 0 Å². The molecule has 0 aliphatic heterocycles. The summed E-state index contributed by atoms with van der Waals surface area (Å²) in [5, 5.41) is 4.41. The fraction of sp³-hybridized carbons (Fsp3) is 0. The third kappa shape index (κ3) is 1.61. The molecule has 1 nitrogen and oxygen atoms in total. The van der Waals surface area contributed by atoms with E-state index in [1.165, 1.54) is 11.5 Å². The molecule has 0 spiro atoms. The van der Waals surface area contributed by atoms with Gasteiger partial charge in [-0.05, 0) is 39.8 Å². The first-order valence-corrected chi connectivity index (χ1v) is 5.88. The molecule has 0 saturated carbocycles. The molecule has 0 N–H and O–H groups in total. The lowest BCUT2D eigenvalue weighted by Crippen LogP contribution is -1.94. The quantitative estimate of drug-likeness (QED) is 0.364. The van der Waals surface area contributed by atoms with Gasteiger partial charge >= 0.3 is 0 Å². The molecule has 0 bridgehead atoms. The molecule has 0 amide bonds. The third-order valence-electron chi connectivity index (χ3n) is 3.20. The molecule has 0 saturated heterocycles. The van der Waals surface area contributed by atoms with Crippen LogP contribution in [0.25, 0.3) is 21.5 Å². The van der Waals surface area contributed by atoms with E-state index in [1.807, 2.05) is 30.3 Å². The average Bonchev–Trinajstić information content (AvgIpc) is 2.43. The summed E-state index contributed by atoms with van der Waals surface area (Å²) < 4.78 is 0. The van der Waals surface area contributed by atoms with Gasteiger partial charge in [0.05, 0.1) is 0 Å². The smallest absolute Gasteiger partial charge is 0.185 e. The highest BCUT2D eigenvalue weighted by molar-refractivity contribution is 6.15. The zero-order chi connectivity index (χ0) is 12.5. The Hall–Kier alpha value is -2.41. The predicted molar refractivity (Wildman–Crippen MR) is 76.0 cm³/mol. The molecule has 1 heteroatoms. The van der Waals surface area contributed by atoms with Crippen LogP contribution in [-0.4, -0.2) is 5.78 Å². The summed E-state index contributed by atoms with van der Waals surface area (Å²) in [6, 6.07) is 18.1. The summed E-state index contributed by atoms with van der Waals surface area (Å²) in [5.74, 6) is -0.0316. The van der Waals surface area contributed by atoms with Crippen molar-refractivity contribution in [2.24, 2.45) is 0 Å². The molecule has 0 aliphatic carbocycles. The minimum absolute atomic E-state index is 0.0316. The van der Waals surface area contributed by atoms with Crippen molar-refractivity contribution in [3.63, 3.8) is 0 Å². The SMILES string of the molecule is C=CC(=O)c1cccc2cc3ccccc3cc12. The molecular weight excluding hydrogens is 220 g/mol. The molecule has 0 heterocycles. The van der Waals surface area contributed by atoms with Crippen molar-refractivity contribution in [3.05, 3.63) is 72.8 Å². The van der Waals surface area contributed by atoms with Gasteiger partial charge in [-0.15, -0.1) is 0 Å². The van der Waals surface area contributed by atoms with Crippen LogP contribution in [0.15, 0.2) is 67.3 Å². The lowest BCUT2D eigenvalue weighted by Gasteiger charge is -2.06. The highest BCUT2D eigenvalue weighted by Gasteiger charge is 2.07. The summed E-state index contributed by atoms with van der Waals surface area (Å²) >= 11 is 0. The van der Waals surface area contributed by atoms with Gasteiger partial charge in [-0.25, -0.2) is 0 Å². The van der Waals surface area contributed by atoms with E-state index in [2.05, 4.69) is 30.8 Å². The van der Waals surface area contributed by atoms with Crippen LogP contribution in [0.3, 0.4) is 0 Å². The first kappa shape index (κ1) is 10.7. The van der Waals surface area contributed by atoms with Crippen molar-refractivity contribution in [2.45, 2.75) is 0 Å². The maximum Gasteiger partial charge on any atom is 0.185 e. The number of carbonyl (C=O) groups is 1. The number of carbonyl (C=O) groups excluding carboxylic acids is 1. The van der Waals surface area contributed by atoms with Gasteiger partial charge in [0.25, 0.3) is 0 Å². The van der Waals surface area contributed by atoms with Crippen LogP contribution in [0, 0.1) is 0 Å². The van der Waals surface area contributed by atoms with Gasteiger partial charge in [-0.2, -0.15) is 0 Å². The highest BCUT2D eigenvalue weighted by Crippen LogP contribution is 2.25. The standard InChI is InChI=1S/C17H12O/c1-2-17(18)15-9-5-8-14-10-12-6-3-4-7-13(12)11-16(14)15/h2-11H,1H2. The van der Waals surface area contributed by atoms with Crippen molar-refractivity contribution in [1.82, 2.24) is 0 Å². The Morgan fingerprint density at radius 3 is 2.28 bits per heavy atom. The Balaban J connectivity index is 2.43. The third-order valence-corrected chi connectivity index (χ3v) is 3.20. The van der Waals surface area contributed by atoms with Crippen LogP contribution < -0.4 is 0 Å². The van der Waals surface area contributed by atoms with Gasteiger partial charge in [-0.1, -0.05) is 49.0 Å². The molecular formula is C17H12O. The molecule has 0 fully saturated rings. The number of hydrogen-bond donors (Lipinski definition) is 0. The molecule has 0 aromatic heterocycles. The second-order valence-electron chi connectivity index (χ2n) is 4.29. The Bertz CT molecular complexity index is 769. The highest BCUT2D eigenvalue weighted by atomic mass is 16.1. The van der Waals surface area contributed by atoms with E-state index in [9.17, 15) is 4.79 Å². The zero-order valence-electron chi connectivity index (χ0n) is 9.89. The topological polar surface area (TPSA) is 17.1 Å². The number of benzene rings is 3. The molecule has 0 atom stereocenters. The predicted octanol–water partition coefficient (Wildman–Crippen LogP) is 4.36. The first-order chi connectivity index (χ1) is 8.79. The van der Waals surface area contributed by atoms with E-state index in [-0.39, 0.29) is 5.78 Å². The van der Waals surface area contributed by atoms with Gasteiger partial charge < -0.3 is 0 Å². The van der Waals surface area contributed by atoms with Crippen molar-refractivity contribution in [1.29, 1.82) is 0 Å². The molecule has 86 valence electrons. The number of rotatable bonds is 2. The Labute approximate surface area is 105 Å². The first-order valence-electron chi connectivity index (χ1n) is 5.88. The molecule has 18 heavy (non-hydrogen) atoms. The van der Waals surface area contributed by atoms with Gasteiger partial charge in [0, 0.05) is 5.56 Å². The molecule has 3 rings (SSSR count). The van der Waals surface area contributed by atoms with Crippen molar-refractivity contribution >= 4 is 27.3 Å². The minimum Gasteiger partial charge on any atom is -0.289 e. The number of hydrogen-bond acceptors (Lipinski definition) is 1. The van der Waals surface area contributed by atoms with Crippen LogP contribution in [-0.2, 0) is 0 Å². The number of ketones is 1. The Morgan fingerprint density at radius 2 is 1.56 bits per heavy atom. The van der Waals surface area contributed by atoms with E-state index in [4.69, 9.17) is 0 Å². The summed E-state index contributed by atoms with van der Waals surface area (Å²) in [6.45, 7) is 3.56. The fourth-order valence-corrected chi connectivity index (χ4v) is 2.29. The zero-order valence-corrected chi connectivity index (χ0v) is 9.89. The molecule has 0 aliphatic rings. The van der Waals surface area contributed by atoms with Gasteiger partial charge in [0.2, 0.25) is 0 Å². The van der Waals surface area contributed by atoms with E-state index in [0.717, 1.165) is 16.2 Å². The molecule has 3 aromatic carbocycles. The lowest BCUT2D eigenvalue weighted by molar-refractivity contribution is 0.104. The second-order valence-corrected chi connectivity index (χ2v) is 4.29. The Kier molecular flexibility index (Phi) is 2.45. The van der Waals surface area contributed by atoms with Crippen LogP contribution in [0.1, 0.15) is 10.4 Å². The van der Waals surface area contributed by atoms with Crippen molar-refractivity contribution in [3.8, 4) is 0 Å². The van der Waals surface area contributed by atoms with E-state index in [1.54, 1.807) is 0 Å².